The lowest BCUT2D eigenvalue weighted by molar-refractivity contribution is -0.384. The van der Waals surface area contributed by atoms with Crippen molar-refractivity contribution in [2.45, 2.75) is 52.6 Å². The number of benzene rings is 1. The zero-order chi connectivity index (χ0) is 24.4. The number of carbonyl (C=O) groups excluding carboxylic acids is 3. The second-order valence-electron chi connectivity index (χ2n) is 8.51. The zero-order valence-corrected chi connectivity index (χ0v) is 19.3. The van der Waals surface area contributed by atoms with E-state index in [9.17, 15) is 24.5 Å². The van der Waals surface area contributed by atoms with Crippen molar-refractivity contribution in [3.05, 3.63) is 62.5 Å². The molecular weight excluding hydrogens is 428 g/mol. The Labute approximate surface area is 192 Å². The number of esters is 2. The standard InChI is InChI=1S/C24H28N2O7/c1-6-13(3)33-24(29)19-14(4)25-17-10-12(2)18(23(28)32-5)22(27)21(17)20(19)15-8-7-9-16(11-15)26(30)31/h7-9,11-13,18,20,25H,6,10H2,1-5H3/t12-,13-,18-,20+/m0/s1. The molecule has 0 saturated carbocycles. The number of rotatable bonds is 6. The van der Waals surface area contributed by atoms with Gasteiger partial charge >= 0.3 is 11.9 Å². The van der Waals surface area contributed by atoms with Crippen LogP contribution in [-0.4, -0.2) is 35.9 Å². The molecule has 4 atom stereocenters. The van der Waals surface area contributed by atoms with Gasteiger partial charge in [0, 0.05) is 35.0 Å². The summed E-state index contributed by atoms with van der Waals surface area (Å²) in [6, 6.07) is 5.84. The molecule has 176 valence electrons. The Morgan fingerprint density at radius 3 is 2.64 bits per heavy atom. The molecule has 33 heavy (non-hydrogen) atoms. The first-order chi connectivity index (χ1) is 15.6. The Balaban J connectivity index is 2.20. The van der Waals surface area contributed by atoms with Gasteiger partial charge in [0.25, 0.3) is 5.69 Å². The highest BCUT2D eigenvalue weighted by Crippen LogP contribution is 2.46. The Morgan fingerprint density at radius 2 is 2.03 bits per heavy atom. The summed E-state index contributed by atoms with van der Waals surface area (Å²) in [5, 5.41) is 14.6. The number of ketones is 1. The fraction of sp³-hybridized carbons (Fsp3) is 0.458. The van der Waals surface area contributed by atoms with Gasteiger partial charge in [-0.1, -0.05) is 26.0 Å². The van der Waals surface area contributed by atoms with E-state index in [0.717, 1.165) is 0 Å². The molecule has 0 spiro atoms. The van der Waals surface area contributed by atoms with Crippen LogP contribution in [0.4, 0.5) is 5.69 Å². The van der Waals surface area contributed by atoms with E-state index in [1.807, 2.05) is 6.92 Å². The van der Waals surface area contributed by atoms with Gasteiger partial charge in [0.15, 0.2) is 5.78 Å². The highest BCUT2D eigenvalue weighted by atomic mass is 16.6. The van der Waals surface area contributed by atoms with Crippen LogP contribution in [0, 0.1) is 22.0 Å². The summed E-state index contributed by atoms with van der Waals surface area (Å²) in [6.45, 7) is 7.14. The van der Waals surface area contributed by atoms with Gasteiger partial charge in [-0.2, -0.15) is 0 Å². The minimum absolute atomic E-state index is 0.165. The third-order valence-electron chi connectivity index (χ3n) is 6.26. The molecule has 9 heteroatoms. The molecule has 0 fully saturated rings. The molecule has 2 aliphatic rings. The Bertz CT molecular complexity index is 1070. The molecule has 0 unspecified atom stereocenters. The average molecular weight is 456 g/mol. The number of hydrogen-bond acceptors (Lipinski definition) is 8. The lowest BCUT2D eigenvalue weighted by Gasteiger charge is -2.38. The van der Waals surface area contributed by atoms with Crippen molar-refractivity contribution in [2.24, 2.45) is 11.8 Å². The minimum Gasteiger partial charge on any atom is -0.468 e. The Morgan fingerprint density at radius 1 is 1.33 bits per heavy atom. The van der Waals surface area contributed by atoms with Gasteiger partial charge in [0.1, 0.15) is 5.92 Å². The maximum absolute atomic E-state index is 13.6. The number of dihydropyridines is 1. The molecule has 1 heterocycles. The number of methoxy groups -OCH3 is 1. The molecule has 1 aliphatic heterocycles. The smallest absolute Gasteiger partial charge is 0.337 e. The van der Waals surface area contributed by atoms with Crippen LogP contribution in [0.5, 0.6) is 0 Å². The van der Waals surface area contributed by atoms with Crippen molar-refractivity contribution in [1.82, 2.24) is 5.32 Å². The SMILES string of the molecule is CC[C@H](C)OC(=O)C1=C(C)NC2=C(C(=O)[C@@H](C(=O)OC)[C@@H](C)C2)[C@@H]1c1cccc([N+](=O)[O-])c1. The van der Waals surface area contributed by atoms with E-state index in [2.05, 4.69) is 5.32 Å². The summed E-state index contributed by atoms with van der Waals surface area (Å²) >= 11 is 0. The van der Waals surface area contributed by atoms with Crippen LogP contribution < -0.4 is 5.32 Å². The van der Waals surface area contributed by atoms with Crippen molar-refractivity contribution >= 4 is 23.4 Å². The van der Waals surface area contributed by atoms with E-state index in [0.29, 0.717) is 29.8 Å². The van der Waals surface area contributed by atoms with E-state index < -0.39 is 34.5 Å². The fourth-order valence-electron chi connectivity index (χ4n) is 4.43. The average Bonchev–Trinajstić information content (AvgIpc) is 2.77. The van der Waals surface area contributed by atoms with Crippen LogP contribution >= 0.6 is 0 Å². The first-order valence-corrected chi connectivity index (χ1v) is 10.9. The van der Waals surface area contributed by atoms with E-state index in [-0.39, 0.29) is 28.9 Å². The van der Waals surface area contributed by atoms with E-state index in [4.69, 9.17) is 9.47 Å². The normalized spacial score (nSPS) is 23.4. The number of ether oxygens (including phenoxy) is 2. The maximum Gasteiger partial charge on any atom is 0.337 e. The van der Waals surface area contributed by atoms with E-state index in [1.165, 1.54) is 25.3 Å². The van der Waals surface area contributed by atoms with Crippen molar-refractivity contribution in [3.8, 4) is 0 Å². The van der Waals surface area contributed by atoms with Crippen LogP contribution in [0.2, 0.25) is 0 Å². The summed E-state index contributed by atoms with van der Waals surface area (Å²) in [6.07, 6.45) is 0.628. The first kappa shape index (κ1) is 24.2. The maximum atomic E-state index is 13.6. The lowest BCUT2D eigenvalue weighted by Crippen LogP contribution is -2.43. The number of carbonyl (C=O) groups is 3. The molecule has 0 amide bonds. The number of nitrogens with one attached hydrogen (secondary N) is 1. The third-order valence-corrected chi connectivity index (χ3v) is 6.26. The number of nitro benzene ring substituents is 1. The number of nitro groups is 1. The number of non-ortho nitro benzene ring substituents is 1. The topological polar surface area (TPSA) is 125 Å². The summed E-state index contributed by atoms with van der Waals surface area (Å²) in [5.74, 6) is -3.97. The second kappa shape index (κ2) is 9.56. The van der Waals surface area contributed by atoms with Gasteiger partial charge in [-0.3, -0.25) is 19.7 Å². The molecule has 1 aromatic rings. The van der Waals surface area contributed by atoms with Crippen LogP contribution in [0.3, 0.4) is 0 Å². The van der Waals surface area contributed by atoms with Crippen molar-refractivity contribution in [3.63, 3.8) is 0 Å². The summed E-state index contributed by atoms with van der Waals surface area (Å²) in [4.78, 5) is 50.2. The molecule has 0 aromatic heterocycles. The molecule has 1 aromatic carbocycles. The fourth-order valence-corrected chi connectivity index (χ4v) is 4.43. The summed E-state index contributed by atoms with van der Waals surface area (Å²) in [5.41, 5.74) is 1.78. The van der Waals surface area contributed by atoms with Gasteiger partial charge in [-0.15, -0.1) is 0 Å². The highest BCUT2D eigenvalue weighted by molar-refractivity contribution is 6.12. The lowest BCUT2D eigenvalue weighted by atomic mass is 9.69. The Hall–Kier alpha value is -3.49. The van der Waals surface area contributed by atoms with Crippen LogP contribution in [0.15, 0.2) is 46.8 Å². The quantitative estimate of drug-likeness (QED) is 0.298. The summed E-state index contributed by atoms with van der Waals surface area (Å²) in [7, 11) is 1.22. The zero-order valence-electron chi connectivity index (χ0n) is 19.3. The minimum atomic E-state index is -1.03. The van der Waals surface area contributed by atoms with Crippen LogP contribution in [0.1, 0.15) is 52.0 Å². The molecule has 3 rings (SSSR count). The molecule has 1 N–H and O–H groups in total. The summed E-state index contributed by atoms with van der Waals surface area (Å²) < 4.78 is 10.4. The monoisotopic (exact) mass is 456 g/mol. The van der Waals surface area contributed by atoms with E-state index >= 15 is 0 Å². The number of hydrogen-bond donors (Lipinski definition) is 1. The van der Waals surface area contributed by atoms with Gasteiger partial charge in [-0.25, -0.2) is 4.79 Å². The van der Waals surface area contributed by atoms with Crippen molar-refractivity contribution in [1.29, 1.82) is 0 Å². The van der Waals surface area contributed by atoms with Crippen LogP contribution in [-0.2, 0) is 23.9 Å². The van der Waals surface area contributed by atoms with Gasteiger partial charge in [0.2, 0.25) is 0 Å². The van der Waals surface area contributed by atoms with E-state index in [1.54, 1.807) is 26.8 Å². The molecule has 0 saturated heterocycles. The highest BCUT2D eigenvalue weighted by Gasteiger charge is 2.47. The van der Waals surface area contributed by atoms with Gasteiger partial charge < -0.3 is 14.8 Å². The molecule has 1 aliphatic carbocycles. The number of allylic oxidation sites excluding steroid dienone is 3. The number of nitrogens with zero attached hydrogens (tertiary/aromatic N) is 1. The van der Waals surface area contributed by atoms with Crippen molar-refractivity contribution < 1.29 is 28.8 Å². The number of Topliss-reactive ketones (excluding diaryl/α,β-unsaturated/α-hetero) is 1. The third kappa shape index (κ3) is 4.53. The molecular formula is C24H28N2O7. The van der Waals surface area contributed by atoms with Gasteiger partial charge in [-0.05, 0) is 38.2 Å². The predicted molar refractivity (Wildman–Crippen MR) is 119 cm³/mol. The first-order valence-electron chi connectivity index (χ1n) is 10.9. The second-order valence-corrected chi connectivity index (χ2v) is 8.51. The van der Waals surface area contributed by atoms with Gasteiger partial charge in [0.05, 0.1) is 23.7 Å². The molecule has 0 bridgehead atoms. The Kier molecular flexibility index (Phi) is 7.00. The molecule has 9 nitrogen and oxygen atoms in total. The van der Waals surface area contributed by atoms with Crippen LogP contribution in [0.25, 0.3) is 0 Å². The largest absolute Gasteiger partial charge is 0.468 e. The van der Waals surface area contributed by atoms with Crippen molar-refractivity contribution in [2.75, 3.05) is 7.11 Å². The predicted octanol–water partition coefficient (Wildman–Crippen LogP) is 3.55. The molecule has 0 radical (unpaired) electrons.